The minimum absolute atomic E-state index is 0.0199. The summed E-state index contributed by atoms with van der Waals surface area (Å²) in [6.45, 7) is 2.19. The smallest absolute Gasteiger partial charge is 0.0721 e. The third kappa shape index (κ3) is 7.76. The molecule has 0 aliphatic carbocycles. The van der Waals surface area contributed by atoms with Gasteiger partial charge in [0, 0.05) is 0 Å². The van der Waals surface area contributed by atoms with Crippen LogP contribution >= 0.6 is 0 Å². The lowest BCUT2D eigenvalue weighted by atomic mass is 10.1. The van der Waals surface area contributed by atoms with Crippen molar-refractivity contribution >= 4 is 0 Å². The van der Waals surface area contributed by atoms with E-state index in [9.17, 15) is 5.11 Å². The predicted octanol–water partition coefficient (Wildman–Crippen LogP) is 1.87. The van der Waals surface area contributed by atoms with Gasteiger partial charge < -0.3 is 10.2 Å². The Morgan fingerprint density at radius 2 is 2.00 bits per heavy atom. The highest BCUT2D eigenvalue weighted by molar-refractivity contribution is 4.87. The van der Waals surface area contributed by atoms with Crippen LogP contribution < -0.4 is 0 Å². The fourth-order valence-electron chi connectivity index (χ4n) is 1.09. The minimum Gasteiger partial charge on any atom is -0.392 e. The first kappa shape index (κ1) is 11.7. The largest absolute Gasteiger partial charge is 0.392 e. The molecule has 0 aromatic rings. The van der Waals surface area contributed by atoms with E-state index in [2.05, 4.69) is 6.92 Å². The van der Waals surface area contributed by atoms with E-state index in [0.29, 0.717) is 0 Å². The number of hydrogen-bond donors (Lipinski definition) is 2. The molecule has 0 radical (unpaired) electrons. The average Bonchev–Trinajstić information content (AvgIpc) is 2.09. The average molecular weight is 172 g/mol. The van der Waals surface area contributed by atoms with E-state index in [1.807, 2.05) is 0 Å². The molecule has 0 aliphatic heterocycles. The van der Waals surface area contributed by atoms with Crippen LogP contribution in [0.25, 0.3) is 0 Å². The molecule has 72 valence electrons. The van der Waals surface area contributed by atoms with Crippen molar-refractivity contribution in [3.05, 3.63) is 12.2 Å². The molecular weight excluding hydrogens is 152 g/mol. The number of aliphatic hydroxyl groups is 2. The molecule has 0 fully saturated rings. The van der Waals surface area contributed by atoms with Crippen molar-refractivity contribution in [2.45, 2.75) is 45.1 Å². The lowest BCUT2D eigenvalue weighted by Crippen LogP contribution is -2.01. The Hall–Kier alpha value is -0.340. The summed E-state index contributed by atoms with van der Waals surface area (Å²) in [4.78, 5) is 0. The van der Waals surface area contributed by atoms with Crippen molar-refractivity contribution < 1.29 is 10.2 Å². The molecule has 1 atom stereocenters. The zero-order valence-electron chi connectivity index (χ0n) is 7.87. The number of aliphatic hydroxyl groups excluding tert-OH is 2. The van der Waals surface area contributed by atoms with E-state index in [-0.39, 0.29) is 12.7 Å². The van der Waals surface area contributed by atoms with Crippen LogP contribution in [0.4, 0.5) is 0 Å². The van der Waals surface area contributed by atoms with Crippen LogP contribution in [-0.4, -0.2) is 22.9 Å². The maximum Gasteiger partial charge on any atom is 0.0721 e. The molecule has 0 aromatic carbocycles. The summed E-state index contributed by atoms with van der Waals surface area (Å²) in [5.41, 5.74) is 0. The summed E-state index contributed by atoms with van der Waals surface area (Å²) in [7, 11) is 0. The third-order valence-electron chi connectivity index (χ3n) is 1.82. The SMILES string of the molecule is CCCCCCC(O)/C=C\CO. The highest BCUT2D eigenvalue weighted by Crippen LogP contribution is 2.05. The van der Waals surface area contributed by atoms with Crippen molar-refractivity contribution in [1.29, 1.82) is 0 Å². The van der Waals surface area contributed by atoms with Gasteiger partial charge in [-0.05, 0) is 6.42 Å². The van der Waals surface area contributed by atoms with Gasteiger partial charge in [0.2, 0.25) is 0 Å². The predicted molar refractivity (Wildman–Crippen MR) is 51.0 cm³/mol. The van der Waals surface area contributed by atoms with Crippen LogP contribution in [0.1, 0.15) is 39.0 Å². The van der Waals surface area contributed by atoms with Gasteiger partial charge in [0.15, 0.2) is 0 Å². The van der Waals surface area contributed by atoms with E-state index in [0.717, 1.165) is 12.8 Å². The molecule has 0 aromatic heterocycles. The van der Waals surface area contributed by atoms with E-state index in [1.54, 1.807) is 12.2 Å². The van der Waals surface area contributed by atoms with Gasteiger partial charge in [-0.1, -0.05) is 44.8 Å². The quantitative estimate of drug-likeness (QED) is 0.454. The Morgan fingerprint density at radius 3 is 2.58 bits per heavy atom. The highest BCUT2D eigenvalue weighted by Gasteiger charge is 1.97. The molecule has 0 saturated carbocycles. The van der Waals surface area contributed by atoms with E-state index >= 15 is 0 Å². The standard InChI is InChI=1S/C10H20O2/c1-2-3-4-5-7-10(12)8-6-9-11/h6,8,10-12H,2-5,7,9H2,1H3/b8-6-. The molecule has 0 spiro atoms. The van der Waals surface area contributed by atoms with Gasteiger partial charge >= 0.3 is 0 Å². The molecule has 0 rings (SSSR count). The second kappa shape index (κ2) is 8.75. The Labute approximate surface area is 74.9 Å². The minimum atomic E-state index is -0.367. The zero-order valence-corrected chi connectivity index (χ0v) is 7.87. The Bertz CT molecular complexity index is 110. The topological polar surface area (TPSA) is 40.5 Å². The Kier molecular flexibility index (Phi) is 8.51. The van der Waals surface area contributed by atoms with Crippen molar-refractivity contribution in [2.75, 3.05) is 6.61 Å². The lowest BCUT2D eigenvalue weighted by Gasteiger charge is -2.03. The second-order valence-corrected chi connectivity index (χ2v) is 3.03. The van der Waals surface area contributed by atoms with Gasteiger partial charge in [0.05, 0.1) is 12.7 Å². The summed E-state index contributed by atoms with van der Waals surface area (Å²) in [6.07, 6.45) is 8.44. The molecule has 2 heteroatoms. The van der Waals surface area contributed by atoms with Gasteiger partial charge in [-0.25, -0.2) is 0 Å². The van der Waals surface area contributed by atoms with Crippen LogP contribution in [0.15, 0.2) is 12.2 Å². The first-order chi connectivity index (χ1) is 5.81. The van der Waals surface area contributed by atoms with Crippen LogP contribution in [0.5, 0.6) is 0 Å². The molecular formula is C10H20O2. The summed E-state index contributed by atoms with van der Waals surface area (Å²) >= 11 is 0. The molecule has 0 heterocycles. The number of hydrogen-bond acceptors (Lipinski definition) is 2. The van der Waals surface area contributed by atoms with Gasteiger partial charge in [-0.2, -0.15) is 0 Å². The van der Waals surface area contributed by atoms with E-state index < -0.39 is 0 Å². The fraction of sp³-hybridized carbons (Fsp3) is 0.800. The molecule has 2 N–H and O–H groups in total. The molecule has 0 amide bonds. The van der Waals surface area contributed by atoms with Crippen LogP contribution in [-0.2, 0) is 0 Å². The second-order valence-electron chi connectivity index (χ2n) is 3.03. The summed E-state index contributed by atoms with van der Waals surface area (Å²) in [5, 5.41) is 17.7. The Balaban J connectivity index is 3.19. The molecule has 0 aliphatic rings. The van der Waals surface area contributed by atoms with Crippen LogP contribution in [0, 0.1) is 0 Å². The first-order valence-corrected chi connectivity index (χ1v) is 4.76. The third-order valence-corrected chi connectivity index (χ3v) is 1.82. The molecule has 1 unspecified atom stereocenters. The first-order valence-electron chi connectivity index (χ1n) is 4.76. The van der Waals surface area contributed by atoms with Crippen molar-refractivity contribution in [3.8, 4) is 0 Å². The fourth-order valence-corrected chi connectivity index (χ4v) is 1.09. The molecule has 2 nitrogen and oxygen atoms in total. The van der Waals surface area contributed by atoms with Gasteiger partial charge in [0.25, 0.3) is 0 Å². The molecule has 12 heavy (non-hydrogen) atoms. The molecule has 0 saturated heterocycles. The lowest BCUT2D eigenvalue weighted by molar-refractivity contribution is 0.206. The van der Waals surface area contributed by atoms with Crippen molar-refractivity contribution in [3.63, 3.8) is 0 Å². The van der Waals surface area contributed by atoms with Crippen LogP contribution in [0.2, 0.25) is 0 Å². The Morgan fingerprint density at radius 1 is 1.25 bits per heavy atom. The van der Waals surface area contributed by atoms with Crippen molar-refractivity contribution in [1.82, 2.24) is 0 Å². The maximum absolute atomic E-state index is 9.28. The summed E-state index contributed by atoms with van der Waals surface area (Å²) < 4.78 is 0. The zero-order chi connectivity index (χ0) is 9.23. The normalized spacial score (nSPS) is 13.9. The van der Waals surface area contributed by atoms with E-state index in [4.69, 9.17) is 5.11 Å². The van der Waals surface area contributed by atoms with Gasteiger partial charge in [-0.3, -0.25) is 0 Å². The van der Waals surface area contributed by atoms with Crippen molar-refractivity contribution in [2.24, 2.45) is 0 Å². The van der Waals surface area contributed by atoms with Gasteiger partial charge in [-0.15, -0.1) is 0 Å². The van der Waals surface area contributed by atoms with E-state index in [1.165, 1.54) is 19.3 Å². The highest BCUT2D eigenvalue weighted by atomic mass is 16.3. The summed E-state index contributed by atoms with van der Waals surface area (Å²) in [6, 6.07) is 0. The van der Waals surface area contributed by atoms with Gasteiger partial charge in [0.1, 0.15) is 0 Å². The maximum atomic E-state index is 9.28. The number of rotatable bonds is 7. The summed E-state index contributed by atoms with van der Waals surface area (Å²) in [5.74, 6) is 0. The molecule has 0 bridgehead atoms. The monoisotopic (exact) mass is 172 g/mol. The van der Waals surface area contributed by atoms with Crippen LogP contribution in [0.3, 0.4) is 0 Å². The number of unbranched alkanes of at least 4 members (excludes halogenated alkanes) is 3.